The fraction of sp³-hybridized carbons (Fsp3) is 0.286. The SMILES string of the molecule is CO[C](=[Cr])c1ccc([Si](C)(C)C)o1.[C-]#[O+].[C-]#[O+].[C-]#[O+].[C-]#[O+].[C-]#[O+]. The molecule has 0 aliphatic carbocycles. The Morgan fingerprint density at radius 2 is 1.26 bits per heavy atom. The first-order valence-corrected chi connectivity index (χ1v) is 9.29. The van der Waals surface area contributed by atoms with Gasteiger partial charge in [-0.25, -0.2) is 0 Å². The molecule has 1 aromatic heterocycles. The third-order valence-corrected chi connectivity index (χ3v) is 4.05. The Morgan fingerprint density at radius 1 is 0.913 bits per heavy atom. The molecule has 0 saturated heterocycles. The fourth-order valence-electron chi connectivity index (χ4n) is 0.951. The molecule has 0 fully saturated rings. The van der Waals surface area contributed by atoms with Gasteiger partial charge in [-0.05, 0) is 0 Å². The Balaban J connectivity index is -0.0000000923. The summed E-state index contributed by atoms with van der Waals surface area (Å²) in [5.74, 6) is 0.792. The molecule has 0 radical (unpaired) electrons. The topological polar surface area (TPSA) is 122 Å². The maximum absolute atomic E-state index is 7.50. The van der Waals surface area contributed by atoms with E-state index in [1.54, 1.807) is 7.11 Å². The second-order valence-electron chi connectivity index (χ2n) is 3.91. The molecule has 0 spiro atoms. The summed E-state index contributed by atoms with van der Waals surface area (Å²) in [5.41, 5.74) is 0. The first kappa shape index (κ1) is 33.2. The average molecular weight is 374 g/mol. The molecule has 0 aromatic carbocycles. The third kappa shape index (κ3) is 18.5. The first-order chi connectivity index (χ1) is 10.9. The summed E-state index contributed by atoms with van der Waals surface area (Å²) in [7, 11) is 0.307. The van der Waals surface area contributed by atoms with Gasteiger partial charge in [0.2, 0.25) is 0 Å². The molecule has 0 bridgehead atoms. The van der Waals surface area contributed by atoms with Gasteiger partial charge in [-0.2, -0.15) is 0 Å². The summed E-state index contributed by atoms with van der Waals surface area (Å²) < 4.78 is 48.9. The van der Waals surface area contributed by atoms with E-state index in [9.17, 15) is 0 Å². The van der Waals surface area contributed by atoms with Crippen LogP contribution in [0, 0.1) is 33.3 Å². The van der Waals surface area contributed by atoms with Crippen molar-refractivity contribution in [2.24, 2.45) is 0 Å². The number of methoxy groups -OCH3 is 1. The zero-order valence-electron chi connectivity index (χ0n) is 12.9. The van der Waals surface area contributed by atoms with Crippen LogP contribution < -0.4 is 5.38 Å². The minimum absolute atomic E-state index is 0.712. The van der Waals surface area contributed by atoms with Crippen molar-refractivity contribution in [2.75, 3.05) is 7.11 Å². The van der Waals surface area contributed by atoms with Gasteiger partial charge in [0.15, 0.2) is 0 Å². The summed E-state index contributed by atoms with van der Waals surface area (Å²) in [5, 5.41) is 1.10. The van der Waals surface area contributed by atoms with Crippen LogP contribution in [0.5, 0.6) is 0 Å². The van der Waals surface area contributed by atoms with Crippen molar-refractivity contribution < 1.29 is 48.3 Å². The Labute approximate surface area is 144 Å². The van der Waals surface area contributed by atoms with Crippen LogP contribution in [-0.4, -0.2) is 19.7 Å². The molecule has 0 amide bonds. The van der Waals surface area contributed by atoms with Crippen molar-refractivity contribution in [1.82, 2.24) is 0 Å². The third-order valence-electron chi connectivity index (χ3n) is 1.73. The molecule has 7 nitrogen and oxygen atoms in total. The van der Waals surface area contributed by atoms with Crippen LogP contribution in [-0.2, 0) is 43.8 Å². The number of rotatable bonds is 3. The molecule has 0 atom stereocenters. The standard InChI is InChI=1S/C9H14O2Si.5CO.Cr/c1-10-7-8-5-6-9(11-8)12(2,3)4;5*1-2;/h5-6H,1-4H3;;;;;;. The van der Waals surface area contributed by atoms with Crippen LogP contribution in [0.2, 0.25) is 19.6 Å². The van der Waals surface area contributed by atoms with Gasteiger partial charge in [0, 0.05) is 0 Å². The van der Waals surface area contributed by atoms with E-state index >= 15 is 0 Å². The minimum atomic E-state index is -1.32. The summed E-state index contributed by atoms with van der Waals surface area (Å²) in [6.45, 7) is 29.3. The van der Waals surface area contributed by atoms with Gasteiger partial charge in [0.25, 0.3) is 0 Å². The van der Waals surface area contributed by atoms with Crippen LogP contribution in [0.15, 0.2) is 16.5 Å². The van der Waals surface area contributed by atoms with E-state index in [-0.39, 0.29) is 0 Å². The number of hydrogen-bond donors (Lipinski definition) is 0. The molecule has 0 aliphatic heterocycles. The van der Waals surface area contributed by atoms with Crippen LogP contribution in [0.4, 0.5) is 0 Å². The Morgan fingerprint density at radius 3 is 1.48 bits per heavy atom. The van der Waals surface area contributed by atoms with Gasteiger partial charge in [-0.1, -0.05) is 0 Å². The van der Waals surface area contributed by atoms with E-state index in [2.05, 4.69) is 68.7 Å². The molecule has 122 valence electrons. The van der Waals surface area contributed by atoms with Crippen LogP contribution in [0.25, 0.3) is 0 Å². The van der Waals surface area contributed by atoms with E-state index in [0.717, 1.165) is 11.1 Å². The number of furan rings is 1. The molecule has 0 saturated carbocycles. The molecular weight excluding hydrogens is 360 g/mol. The van der Waals surface area contributed by atoms with Crippen molar-refractivity contribution in [1.29, 1.82) is 0 Å². The van der Waals surface area contributed by atoms with Gasteiger partial charge in [0.05, 0.1) is 0 Å². The molecule has 1 rings (SSSR count). The van der Waals surface area contributed by atoms with Gasteiger partial charge in [-0.3, -0.25) is 0 Å². The molecule has 0 N–H and O–H groups in total. The van der Waals surface area contributed by atoms with Crippen LogP contribution in [0.1, 0.15) is 5.76 Å². The van der Waals surface area contributed by atoms with Gasteiger partial charge in [0.1, 0.15) is 0 Å². The maximum atomic E-state index is 7.50. The number of ether oxygens (including phenoxy) is 1. The fourth-order valence-corrected chi connectivity index (χ4v) is 2.12. The van der Waals surface area contributed by atoms with Gasteiger partial charge in [-0.15, -0.1) is 0 Å². The van der Waals surface area contributed by atoms with E-state index < -0.39 is 8.07 Å². The van der Waals surface area contributed by atoms with Gasteiger partial charge < -0.3 is 0 Å². The number of hydrogen-bond acceptors (Lipinski definition) is 2. The van der Waals surface area contributed by atoms with E-state index in [0.29, 0.717) is 4.57 Å². The Bertz CT molecular complexity index is 469. The second kappa shape index (κ2) is 25.5. The van der Waals surface area contributed by atoms with E-state index in [1.165, 1.54) is 0 Å². The molecule has 23 heavy (non-hydrogen) atoms. The average Bonchev–Trinajstić information content (AvgIpc) is 3.13. The molecule has 9 heteroatoms. The molecule has 0 aliphatic rings. The summed E-state index contributed by atoms with van der Waals surface area (Å²) >= 11 is 2.82. The van der Waals surface area contributed by atoms with Crippen molar-refractivity contribution >= 4 is 18.0 Å². The molecule has 1 aromatic rings. The summed E-state index contributed by atoms with van der Waals surface area (Å²) in [6, 6.07) is 3.99. The van der Waals surface area contributed by atoms with Crippen molar-refractivity contribution in [3.63, 3.8) is 0 Å². The van der Waals surface area contributed by atoms with Crippen LogP contribution in [0.3, 0.4) is 0 Å². The zero-order valence-corrected chi connectivity index (χ0v) is 15.2. The Hall–Kier alpha value is -1.44. The van der Waals surface area contributed by atoms with E-state index in [4.69, 9.17) is 32.4 Å². The van der Waals surface area contributed by atoms with Crippen molar-refractivity contribution in [3.8, 4) is 0 Å². The zero-order chi connectivity index (χ0) is 20.1. The first-order valence-electron chi connectivity index (χ1n) is 5.16. The summed E-state index contributed by atoms with van der Waals surface area (Å²) in [4.78, 5) is 0. The quantitative estimate of drug-likeness (QED) is 0.450. The predicted molar refractivity (Wildman–Crippen MR) is 72.5 cm³/mol. The van der Waals surface area contributed by atoms with Crippen molar-refractivity contribution in [3.05, 3.63) is 51.1 Å². The van der Waals surface area contributed by atoms with Gasteiger partial charge >= 0.3 is 144 Å². The van der Waals surface area contributed by atoms with Crippen LogP contribution >= 0.6 is 0 Å². The normalized spacial score (nSPS) is 7.04. The summed E-state index contributed by atoms with van der Waals surface area (Å²) in [6.07, 6.45) is 0. The monoisotopic (exact) mass is 374 g/mol. The molecular formula is C14H14CrO7Si. The van der Waals surface area contributed by atoms with E-state index in [1.807, 2.05) is 12.1 Å². The molecule has 1 heterocycles. The molecule has 0 unspecified atom stereocenters. The Kier molecular flexibility index (Phi) is 36.9. The predicted octanol–water partition coefficient (Wildman–Crippen LogP) is 1.31. The second-order valence-corrected chi connectivity index (χ2v) is 9.48. The van der Waals surface area contributed by atoms with Crippen molar-refractivity contribution in [2.45, 2.75) is 19.6 Å².